The van der Waals surface area contributed by atoms with Gasteiger partial charge >= 0.3 is 0 Å². The molecule has 0 fully saturated rings. The van der Waals surface area contributed by atoms with E-state index in [1.54, 1.807) is 17.0 Å². The highest BCUT2D eigenvalue weighted by molar-refractivity contribution is 5.78. The van der Waals surface area contributed by atoms with Gasteiger partial charge in [-0.25, -0.2) is 4.39 Å². The lowest BCUT2D eigenvalue weighted by atomic mass is 10.2. The Labute approximate surface area is 125 Å². The molecule has 4 nitrogen and oxygen atoms in total. The summed E-state index contributed by atoms with van der Waals surface area (Å²) in [5.41, 5.74) is 0.843. The van der Waals surface area contributed by atoms with E-state index >= 15 is 0 Å². The Kier molecular flexibility index (Phi) is 6.85. The van der Waals surface area contributed by atoms with Gasteiger partial charge in [-0.2, -0.15) is 0 Å². The molecule has 5 heteroatoms. The zero-order chi connectivity index (χ0) is 15.8. The Bertz CT molecular complexity index is 474. The maximum Gasteiger partial charge on any atom is 0.222 e. The second-order valence-corrected chi connectivity index (χ2v) is 5.12. The molecule has 0 radical (unpaired) electrons. The van der Waals surface area contributed by atoms with Crippen molar-refractivity contribution in [3.8, 4) is 0 Å². The third-order valence-electron chi connectivity index (χ3n) is 3.51. The number of halogens is 1. The third-order valence-corrected chi connectivity index (χ3v) is 3.51. The van der Waals surface area contributed by atoms with E-state index in [9.17, 15) is 14.0 Å². The largest absolute Gasteiger partial charge is 0.352 e. The first-order chi connectivity index (χ1) is 9.93. The second kappa shape index (κ2) is 8.39. The molecule has 1 aromatic carbocycles. The average Bonchev–Trinajstić information content (AvgIpc) is 2.46. The fourth-order valence-electron chi connectivity index (χ4n) is 2.02. The molecule has 0 bridgehead atoms. The van der Waals surface area contributed by atoms with Crippen LogP contribution in [-0.2, 0) is 16.1 Å². The summed E-state index contributed by atoms with van der Waals surface area (Å²) in [6, 6.07) is 6.13. The van der Waals surface area contributed by atoms with Crippen molar-refractivity contribution in [2.75, 3.05) is 6.54 Å². The van der Waals surface area contributed by atoms with Gasteiger partial charge in [-0.15, -0.1) is 0 Å². The van der Waals surface area contributed by atoms with Crippen LogP contribution >= 0.6 is 0 Å². The molecule has 0 aromatic heterocycles. The van der Waals surface area contributed by atoms with Gasteiger partial charge in [-0.3, -0.25) is 9.59 Å². The number of hydrogen-bond donors (Lipinski definition) is 1. The van der Waals surface area contributed by atoms with Crippen LogP contribution in [-0.4, -0.2) is 29.3 Å². The Balaban J connectivity index is 2.39. The van der Waals surface area contributed by atoms with Gasteiger partial charge in [-0.1, -0.05) is 19.1 Å². The predicted octanol–water partition coefficient (Wildman–Crippen LogP) is 2.48. The summed E-state index contributed by atoms with van der Waals surface area (Å²) in [5.74, 6) is -0.430. The van der Waals surface area contributed by atoms with E-state index in [-0.39, 0.29) is 30.1 Å². The fraction of sp³-hybridized carbons (Fsp3) is 0.500. The normalized spacial score (nSPS) is 11.8. The lowest BCUT2D eigenvalue weighted by Crippen LogP contribution is -2.39. The van der Waals surface area contributed by atoms with E-state index in [4.69, 9.17) is 0 Å². The van der Waals surface area contributed by atoms with Gasteiger partial charge < -0.3 is 10.2 Å². The van der Waals surface area contributed by atoms with Crippen molar-refractivity contribution in [1.82, 2.24) is 10.2 Å². The Morgan fingerprint density at radius 3 is 2.43 bits per heavy atom. The van der Waals surface area contributed by atoms with E-state index in [0.717, 1.165) is 12.0 Å². The number of hydrogen-bond acceptors (Lipinski definition) is 2. The molecule has 0 heterocycles. The standard InChI is InChI=1S/C16H23FN2O2/c1-4-12(2)19(13(3)20)10-9-16(21)18-11-14-5-7-15(17)8-6-14/h5-8,12H,4,9-11H2,1-3H3,(H,18,21). The lowest BCUT2D eigenvalue weighted by molar-refractivity contribution is -0.131. The van der Waals surface area contributed by atoms with Crippen LogP contribution in [0.25, 0.3) is 0 Å². The lowest BCUT2D eigenvalue weighted by Gasteiger charge is -2.27. The Hall–Kier alpha value is -1.91. The van der Waals surface area contributed by atoms with Crippen molar-refractivity contribution in [2.45, 2.75) is 46.2 Å². The molecular formula is C16H23FN2O2. The van der Waals surface area contributed by atoms with E-state index in [1.165, 1.54) is 19.1 Å². The molecule has 0 spiro atoms. The molecule has 0 saturated carbocycles. The minimum absolute atomic E-state index is 0.0179. The molecule has 116 valence electrons. The van der Waals surface area contributed by atoms with Crippen LogP contribution in [0, 0.1) is 5.82 Å². The summed E-state index contributed by atoms with van der Waals surface area (Å²) in [6.45, 7) is 6.28. The molecule has 1 aromatic rings. The van der Waals surface area contributed by atoms with Gasteiger partial charge in [0.2, 0.25) is 11.8 Å². The second-order valence-electron chi connectivity index (χ2n) is 5.12. The average molecular weight is 294 g/mol. The Morgan fingerprint density at radius 2 is 1.90 bits per heavy atom. The molecule has 0 saturated heterocycles. The van der Waals surface area contributed by atoms with Crippen molar-refractivity contribution >= 4 is 11.8 Å². The SMILES string of the molecule is CCC(C)N(CCC(=O)NCc1ccc(F)cc1)C(C)=O. The molecule has 0 aliphatic rings. The topological polar surface area (TPSA) is 49.4 Å². The van der Waals surface area contributed by atoms with Crippen molar-refractivity contribution in [3.63, 3.8) is 0 Å². The quantitative estimate of drug-likeness (QED) is 0.840. The fourth-order valence-corrected chi connectivity index (χ4v) is 2.02. The van der Waals surface area contributed by atoms with Gasteiger partial charge in [0.25, 0.3) is 0 Å². The van der Waals surface area contributed by atoms with Gasteiger partial charge in [0.15, 0.2) is 0 Å². The number of rotatable bonds is 7. The van der Waals surface area contributed by atoms with Crippen LogP contribution in [0.3, 0.4) is 0 Å². The number of carbonyl (C=O) groups excluding carboxylic acids is 2. The third kappa shape index (κ3) is 5.94. The zero-order valence-electron chi connectivity index (χ0n) is 12.9. The zero-order valence-corrected chi connectivity index (χ0v) is 12.9. The highest BCUT2D eigenvalue weighted by atomic mass is 19.1. The van der Waals surface area contributed by atoms with E-state index < -0.39 is 0 Å². The van der Waals surface area contributed by atoms with Crippen LogP contribution in [0.4, 0.5) is 4.39 Å². The molecule has 0 aliphatic carbocycles. The van der Waals surface area contributed by atoms with Crippen LogP contribution in [0.15, 0.2) is 24.3 Å². The molecule has 0 aliphatic heterocycles. The highest BCUT2D eigenvalue weighted by Gasteiger charge is 2.16. The first kappa shape index (κ1) is 17.1. The molecule has 1 rings (SSSR count). The number of nitrogens with one attached hydrogen (secondary N) is 1. The number of amides is 2. The summed E-state index contributed by atoms with van der Waals surface area (Å²) in [5, 5.41) is 2.77. The molecule has 1 N–H and O–H groups in total. The van der Waals surface area contributed by atoms with Gasteiger partial charge in [0, 0.05) is 32.5 Å². The summed E-state index contributed by atoms with van der Waals surface area (Å²) >= 11 is 0. The number of nitrogens with zero attached hydrogens (tertiary/aromatic N) is 1. The highest BCUT2D eigenvalue weighted by Crippen LogP contribution is 2.05. The summed E-state index contributed by atoms with van der Waals surface area (Å²) in [6.07, 6.45) is 1.13. The number of carbonyl (C=O) groups is 2. The molecule has 2 amide bonds. The van der Waals surface area contributed by atoms with Crippen LogP contribution < -0.4 is 5.32 Å². The van der Waals surface area contributed by atoms with Gasteiger partial charge in [-0.05, 0) is 31.0 Å². The summed E-state index contributed by atoms with van der Waals surface area (Å²) < 4.78 is 12.8. The minimum Gasteiger partial charge on any atom is -0.352 e. The van der Waals surface area contributed by atoms with Crippen LogP contribution in [0.5, 0.6) is 0 Å². The van der Waals surface area contributed by atoms with Crippen molar-refractivity contribution < 1.29 is 14.0 Å². The van der Waals surface area contributed by atoms with E-state index in [2.05, 4.69) is 5.32 Å². The van der Waals surface area contributed by atoms with Crippen molar-refractivity contribution in [1.29, 1.82) is 0 Å². The van der Waals surface area contributed by atoms with Crippen molar-refractivity contribution in [3.05, 3.63) is 35.6 Å². The molecule has 1 atom stereocenters. The van der Waals surface area contributed by atoms with Crippen molar-refractivity contribution in [2.24, 2.45) is 0 Å². The maximum atomic E-state index is 12.8. The first-order valence-corrected chi connectivity index (χ1v) is 7.22. The predicted molar refractivity (Wildman–Crippen MR) is 80.0 cm³/mol. The van der Waals surface area contributed by atoms with Crippen LogP contribution in [0.1, 0.15) is 39.2 Å². The first-order valence-electron chi connectivity index (χ1n) is 7.22. The summed E-state index contributed by atoms with van der Waals surface area (Å²) in [4.78, 5) is 25.0. The minimum atomic E-state index is -0.296. The smallest absolute Gasteiger partial charge is 0.222 e. The summed E-state index contributed by atoms with van der Waals surface area (Å²) in [7, 11) is 0. The maximum absolute atomic E-state index is 12.8. The Morgan fingerprint density at radius 1 is 1.29 bits per heavy atom. The molecule has 21 heavy (non-hydrogen) atoms. The molecule has 1 unspecified atom stereocenters. The van der Waals surface area contributed by atoms with E-state index in [0.29, 0.717) is 13.1 Å². The number of benzene rings is 1. The van der Waals surface area contributed by atoms with Gasteiger partial charge in [0.05, 0.1) is 0 Å². The van der Waals surface area contributed by atoms with E-state index in [1.807, 2.05) is 13.8 Å². The monoisotopic (exact) mass is 294 g/mol. The van der Waals surface area contributed by atoms with Crippen LogP contribution in [0.2, 0.25) is 0 Å². The van der Waals surface area contributed by atoms with Gasteiger partial charge in [0.1, 0.15) is 5.82 Å². The molecular weight excluding hydrogens is 271 g/mol.